The fourth-order valence-corrected chi connectivity index (χ4v) is 2.34. The molecule has 1 aromatic heterocycles. The van der Waals surface area contributed by atoms with Gasteiger partial charge < -0.3 is 11.1 Å². The molecular weight excluding hydrogens is 304 g/mol. The topological polar surface area (TPSA) is 90.0 Å². The Kier molecular flexibility index (Phi) is 4.38. The van der Waals surface area contributed by atoms with E-state index in [4.69, 9.17) is 5.73 Å². The van der Waals surface area contributed by atoms with Crippen molar-refractivity contribution in [1.29, 1.82) is 0 Å². The summed E-state index contributed by atoms with van der Waals surface area (Å²) < 4.78 is 1.59. The lowest BCUT2D eigenvalue weighted by Gasteiger charge is -2.15. The van der Waals surface area contributed by atoms with Crippen molar-refractivity contribution in [2.45, 2.75) is 6.04 Å². The minimum atomic E-state index is -0.890. The van der Waals surface area contributed by atoms with Gasteiger partial charge >= 0.3 is 0 Å². The van der Waals surface area contributed by atoms with Gasteiger partial charge in [0, 0.05) is 6.20 Å². The number of nitrogens with two attached hydrogens (primary N) is 1. The molecule has 120 valence electrons. The van der Waals surface area contributed by atoms with E-state index in [9.17, 15) is 9.59 Å². The Balaban J connectivity index is 1.79. The molecule has 3 N–H and O–H groups in total. The predicted octanol–water partition coefficient (Wildman–Crippen LogP) is 1.83. The molecule has 0 bridgehead atoms. The van der Waals surface area contributed by atoms with Crippen LogP contribution in [0, 0.1) is 0 Å². The molecule has 0 saturated carbocycles. The van der Waals surface area contributed by atoms with Crippen molar-refractivity contribution < 1.29 is 9.59 Å². The first-order chi connectivity index (χ1) is 11.6. The maximum absolute atomic E-state index is 12.4. The Morgan fingerprint density at radius 2 is 1.62 bits per heavy atom. The van der Waals surface area contributed by atoms with E-state index in [1.807, 2.05) is 36.4 Å². The van der Waals surface area contributed by atoms with Crippen LogP contribution in [0.3, 0.4) is 0 Å². The Morgan fingerprint density at radius 3 is 2.25 bits per heavy atom. The van der Waals surface area contributed by atoms with E-state index in [1.54, 1.807) is 35.1 Å². The summed E-state index contributed by atoms with van der Waals surface area (Å²) in [5.41, 5.74) is 7.24. The molecule has 1 heterocycles. The molecule has 2 aromatic carbocycles. The van der Waals surface area contributed by atoms with E-state index in [0.29, 0.717) is 11.1 Å². The third-order valence-electron chi connectivity index (χ3n) is 3.56. The van der Waals surface area contributed by atoms with E-state index in [-0.39, 0.29) is 0 Å². The van der Waals surface area contributed by atoms with Crippen LogP contribution in [0.2, 0.25) is 0 Å². The number of hydrogen-bond donors (Lipinski definition) is 2. The molecule has 2 amide bonds. The van der Waals surface area contributed by atoms with Crippen molar-refractivity contribution in [3.63, 3.8) is 0 Å². The Bertz CT molecular complexity index is 844. The van der Waals surface area contributed by atoms with Gasteiger partial charge in [0.2, 0.25) is 5.91 Å². The smallest absolute Gasteiger partial charge is 0.255 e. The zero-order valence-electron chi connectivity index (χ0n) is 12.8. The highest BCUT2D eigenvalue weighted by Crippen LogP contribution is 2.14. The number of amides is 2. The number of nitrogens with zero attached hydrogens (tertiary/aromatic N) is 2. The highest BCUT2D eigenvalue weighted by Gasteiger charge is 2.21. The largest absolute Gasteiger partial charge is 0.368 e. The molecule has 3 rings (SSSR count). The summed E-state index contributed by atoms with van der Waals surface area (Å²) in [4.78, 5) is 24.1. The van der Waals surface area contributed by atoms with Gasteiger partial charge in [-0.05, 0) is 17.7 Å². The number of aromatic nitrogens is 2. The Labute approximate surface area is 138 Å². The summed E-state index contributed by atoms with van der Waals surface area (Å²) in [6.45, 7) is 0. The van der Waals surface area contributed by atoms with E-state index >= 15 is 0 Å². The van der Waals surface area contributed by atoms with Gasteiger partial charge in [-0.1, -0.05) is 48.5 Å². The average molecular weight is 320 g/mol. The fraction of sp³-hybridized carbons (Fsp3) is 0.0556. The van der Waals surface area contributed by atoms with Crippen LogP contribution in [-0.4, -0.2) is 21.6 Å². The first-order valence-electron chi connectivity index (χ1n) is 7.40. The second-order valence-electron chi connectivity index (χ2n) is 5.23. The van der Waals surface area contributed by atoms with Gasteiger partial charge in [0.15, 0.2) is 0 Å². The first-order valence-corrected chi connectivity index (χ1v) is 7.40. The molecule has 6 heteroatoms. The first kappa shape index (κ1) is 15.5. The van der Waals surface area contributed by atoms with Crippen molar-refractivity contribution in [3.05, 3.63) is 84.2 Å². The summed E-state index contributed by atoms with van der Waals surface area (Å²) >= 11 is 0. The summed E-state index contributed by atoms with van der Waals surface area (Å²) in [6, 6.07) is 17.4. The normalized spacial score (nSPS) is 11.7. The van der Waals surface area contributed by atoms with Crippen LogP contribution in [0.5, 0.6) is 0 Å². The molecule has 0 aliphatic carbocycles. The van der Waals surface area contributed by atoms with Crippen molar-refractivity contribution in [2.75, 3.05) is 0 Å². The predicted molar refractivity (Wildman–Crippen MR) is 89.4 cm³/mol. The van der Waals surface area contributed by atoms with Crippen LogP contribution >= 0.6 is 0 Å². The molecule has 3 aromatic rings. The van der Waals surface area contributed by atoms with Crippen molar-refractivity contribution >= 4 is 11.8 Å². The molecular formula is C18H16N4O2. The molecule has 24 heavy (non-hydrogen) atoms. The van der Waals surface area contributed by atoms with Gasteiger partial charge in [-0.3, -0.25) is 9.59 Å². The number of carbonyl (C=O) groups excluding carboxylic acids is 2. The quantitative estimate of drug-likeness (QED) is 0.751. The maximum Gasteiger partial charge on any atom is 0.255 e. The molecule has 0 spiro atoms. The van der Waals surface area contributed by atoms with Gasteiger partial charge in [-0.25, -0.2) is 4.68 Å². The van der Waals surface area contributed by atoms with E-state index in [1.165, 1.54) is 6.20 Å². The van der Waals surface area contributed by atoms with Crippen molar-refractivity contribution in [3.8, 4) is 5.69 Å². The molecule has 0 unspecified atom stereocenters. The Morgan fingerprint density at radius 1 is 1.00 bits per heavy atom. The number of rotatable bonds is 5. The van der Waals surface area contributed by atoms with Crippen LogP contribution in [0.1, 0.15) is 22.0 Å². The lowest BCUT2D eigenvalue weighted by Crippen LogP contribution is -2.37. The summed E-state index contributed by atoms with van der Waals surface area (Å²) in [5.74, 6) is -1.03. The van der Waals surface area contributed by atoms with Gasteiger partial charge in [0.1, 0.15) is 6.04 Å². The van der Waals surface area contributed by atoms with E-state index < -0.39 is 17.9 Å². The van der Waals surface area contributed by atoms with Crippen LogP contribution in [-0.2, 0) is 4.79 Å². The molecule has 0 radical (unpaired) electrons. The fourth-order valence-electron chi connectivity index (χ4n) is 2.34. The van der Waals surface area contributed by atoms with Gasteiger partial charge in [0.05, 0.1) is 17.4 Å². The van der Waals surface area contributed by atoms with Crippen LogP contribution in [0.4, 0.5) is 0 Å². The lowest BCUT2D eigenvalue weighted by molar-refractivity contribution is -0.120. The summed E-state index contributed by atoms with van der Waals surface area (Å²) in [7, 11) is 0. The standard InChI is InChI=1S/C18H16N4O2/c19-17(23)16(13-7-3-1-4-8-13)21-18(24)14-11-20-22(12-14)15-9-5-2-6-10-15/h1-12,16H,(H2,19,23)(H,21,24)/t16-/m0/s1. The molecule has 1 atom stereocenters. The molecule has 6 nitrogen and oxygen atoms in total. The summed E-state index contributed by atoms with van der Waals surface area (Å²) in [6.07, 6.45) is 3.05. The SMILES string of the molecule is NC(=O)[C@@H](NC(=O)c1cnn(-c2ccccc2)c1)c1ccccc1. The second kappa shape index (κ2) is 6.78. The summed E-state index contributed by atoms with van der Waals surface area (Å²) in [5, 5.41) is 6.82. The number of benzene rings is 2. The number of nitrogens with one attached hydrogen (secondary N) is 1. The molecule has 0 aliphatic heterocycles. The number of carbonyl (C=O) groups is 2. The van der Waals surface area contributed by atoms with Crippen LogP contribution < -0.4 is 11.1 Å². The van der Waals surface area contributed by atoms with Gasteiger partial charge in [-0.15, -0.1) is 0 Å². The second-order valence-corrected chi connectivity index (χ2v) is 5.23. The third-order valence-corrected chi connectivity index (χ3v) is 3.56. The van der Waals surface area contributed by atoms with Crippen LogP contribution in [0.25, 0.3) is 5.69 Å². The van der Waals surface area contributed by atoms with E-state index in [2.05, 4.69) is 10.4 Å². The monoisotopic (exact) mass is 320 g/mol. The van der Waals surface area contributed by atoms with E-state index in [0.717, 1.165) is 5.69 Å². The number of hydrogen-bond acceptors (Lipinski definition) is 3. The number of para-hydroxylation sites is 1. The van der Waals surface area contributed by atoms with Crippen LogP contribution in [0.15, 0.2) is 73.1 Å². The lowest BCUT2D eigenvalue weighted by atomic mass is 10.1. The van der Waals surface area contributed by atoms with Crippen molar-refractivity contribution in [1.82, 2.24) is 15.1 Å². The highest BCUT2D eigenvalue weighted by molar-refractivity contribution is 5.97. The molecule has 0 saturated heterocycles. The van der Waals surface area contributed by atoms with Gasteiger partial charge in [-0.2, -0.15) is 5.10 Å². The minimum absolute atomic E-state index is 0.348. The zero-order chi connectivity index (χ0) is 16.9. The van der Waals surface area contributed by atoms with Gasteiger partial charge in [0.25, 0.3) is 5.91 Å². The molecule has 0 aliphatic rings. The number of primary amides is 1. The minimum Gasteiger partial charge on any atom is -0.368 e. The Hall–Kier alpha value is -3.41. The van der Waals surface area contributed by atoms with Crippen molar-refractivity contribution in [2.24, 2.45) is 5.73 Å². The highest BCUT2D eigenvalue weighted by atomic mass is 16.2. The molecule has 0 fully saturated rings. The third kappa shape index (κ3) is 3.33. The average Bonchev–Trinajstić information content (AvgIpc) is 3.11. The zero-order valence-corrected chi connectivity index (χ0v) is 12.8. The maximum atomic E-state index is 12.4.